The van der Waals surface area contributed by atoms with Gasteiger partial charge in [-0.15, -0.1) is 10.2 Å². The van der Waals surface area contributed by atoms with Crippen molar-refractivity contribution in [1.82, 2.24) is 15.1 Å². The highest BCUT2D eigenvalue weighted by Crippen LogP contribution is 2.30. The number of nitrogens with one attached hydrogen (secondary N) is 1. The number of carbonyl (C=O) groups is 1. The molecule has 35 heavy (non-hydrogen) atoms. The Morgan fingerprint density at radius 2 is 1.74 bits per heavy atom. The van der Waals surface area contributed by atoms with Crippen molar-refractivity contribution >= 4 is 40.6 Å². The Balaban J connectivity index is 1.15. The average Bonchev–Trinajstić information content (AvgIpc) is 3.38. The molecule has 1 aromatic heterocycles. The number of rotatable bonds is 7. The van der Waals surface area contributed by atoms with Crippen LogP contribution in [0, 0.1) is 0 Å². The molecule has 2 aromatic carbocycles. The number of carbonyl (C=O) groups excluding carboxylic acids is 1. The summed E-state index contributed by atoms with van der Waals surface area (Å²) in [5, 5.41) is 12.2. The van der Waals surface area contributed by atoms with Gasteiger partial charge in [-0.1, -0.05) is 54.8 Å². The smallest absolute Gasteiger partial charge is 0.277 e. The predicted molar refractivity (Wildman–Crippen MR) is 141 cm³/mol. The molecular formula is C26H30ClN5O2S. The molecule has 2 aliphatic rings. The molecule has 0 atom stereocenters. The molecule has 3 aromatic rings. The molecule has 0 bridgehead atoms. The van der Waals surface area contributed by atoms with E-state index in [2.05, 4.69) is 31.4 Å². The quantitative estimate of drug-likeness (QED) is 0.415. The van der Waals surface area contributed by atoms with Gasteiger partial charge >= 0.3 is 0 Å². The van der Waals surface area contributed by atoms with Gasteiger partial charge in [0.2, 0.25) is 11.8 Å². The number of amides is 1. The van der Waals surface area contributed by atoms with Crippen LogP contribution in [0.2, 0.25) is 5.02 Å². The van der Waals surface area contributed by atoms with Gasteiger partial charge < -0.3 is 14.6 Å². The van der Waals surface area contributed by atoms with Gasteiger partial charge in [0.15, 0.2) is 0 Å². The molecule has 1 saturated carbocycles. The van der Waals surface area contributed by atoms with E-state index in [-0.39, 0.29) is 11.7 Å². The van der Waals surface area contributed by atoms with Crippen molar-refractivity contribution < 1.29 is 9.21 Å². The van der Waals surface area contributed by atoms with E-state index in [0.717, 1.165) is 49.2 Å². The maximum absolute atomic E-state index is 12.7. The maximum atomic E-state index is 12.7. The minimum absolute atomic E-state index is 0.102. The number of nitrogens with zero attached hydrogens (tertiary/aromatic N) is 4. The van der Waals surface area contributed by atoms with Gasteiger partial charge in [-0.2, -0.15) is 0 Å². The van der Waals surface area contributed by atoms with Crippen LogP contribution in [0.1, 0.15) is 32.1 Å². The summed E-state index contributed by atoms with van der Waals surface area (Å²) in [7, 11) is 0. The first-order valence-electron chi connectivity index (χ1n) is 12.3. The number of halogens is 1. The third-order valence-electron chi connectivity index (χ3n) is 6.75. The van der Waals surface area contributed by atoms with Crippen molar-refractivity contribution in [2.45, 2.75) is 43.4 Å². The Hall–Kier alpha value is -2.55. The van der Waals surface area contributed by atoms with E-state index in [4.69, 9.17) is 16.0 Å². The van der Waals surface area contributed by atoms with Crippen molar-refractivity contribution in [3.8, 4) is 11.5 Å². The lowest BCUT2D eigenvalue weighted by molar-refractivity contribution is -0.113. The van der Waals surface area contributed by atoms with Gasteiger partial charge in [0.1, 0.15) is 0 Å². The van der Waals surface area contributed by atoms with Crippen molar-refractivity contribution in [2.24, 2.45) is 0 Å². The molecule has 1 N–H and O–H groups in total. The van der Waals surface area contributed by atoms with Crippen molar-refractivity contribution in [2.75, 3.05) is 42.1 Å². The van der Waals surface area contributed by atoms with Crippen LogP contribution in [0.25, 0.3) is 11.5 Å². The standard InChI is InChI=1S/C26H30ClN5O2S/c27-20-12-10-19(11-13-20)25-29-30-26(34-25)35-18-24(33)28-22-8-4-5-9-23(22)32-16-14-31(15-17-32)21-6-2-1-3-7-21/h4-5,8-13,21H,1-3,6-7,14-18H2,(H,28,33). The molecule has 0 spiro atoms. The van der Waals surface area contributed by atoms with Crippen LogP contribution in [0.5, 0.6) is 0 Å². The van der Waals surface area contributed by atoms with Gasteiger partial charge in [0.05, 0.1) is 17.1 Å². The molecule has 9 heteroatoms. The Bertz CT molecular complexity index is 1120. The summed E-state index contributed by atoms with van der Waals surface area (Å²) in [5.41, 5.74) is 2.71. The summed E-state index contributed by atoms with van der Waals surface area (Å²) in [6.07, 6.45) is 6.79. The summed E-state index contributed by atoms with van der Waals surface area (Å²) < 4.78 is 5.69. The van der Waals surface area contributed by atoms with Crippen molar-refractivity contribution in [3.05, 3.63) is 53.6 Å². The molecule has 2 fully saturated rings. The first-order chi connectivity index (χ1) is 17.2. The number of para-hydroxylation sites is 2. The van der Waals surface area contributed by atoms with Gasteiger partial charge in [-0.05, 0) is 49.2 Å². The molecule has 5 rings (SSSR count). The molecule has 1 saturated heterocycles. The fourth-order valence-corrected chi connectivity index (χ4v) is 5.61. The zero-order valence-corrected chi connectivity index (χ0v) is 21.2. The van der Waals surface area contributed by atoms with Gasteiger partial charge in [0, 0.05) is 42.8 Å². The van der Waals surface area contributed by atoms with Crippen LogP contribution in [-0.2, 0) is 4.79 Å². The van der Waals surface area contributed by atoms with E-state index in [0.29, 0.717) is 16.1 Å². The minimum atomic E-state index is -0.102. The van der Waals surface area contributed by atoms with Crippen LogP contribution in [0.3, 0.4) is 0 Å². The third-order valence-corrected chi connectivity index (χ3v) is 7.82. The summed E-state index contributed by atoms with van der Waals surface area (Å²) in [6, 6.07) is 16.0. The second-order valence-electron chi connectivity index (χ2n) is 9.05. The number of hydrogen-bond donors (Lipinski definition) is 1. The first-order valence-corrected chi connectivity index (χ1v) is 13.6. The molecule has 184 valence electrons. The van der Waals surface area contributed by atoms with Crippen LogP contribution >= 0.6 is 23.4 Å². The van der Waals surface area contributed by atoms with Gasteiger partial charge in [-0.3, -0.25) is 9.69 Å². The third kappa shape index (κ3) is 6.18. The molecule has 7 nitrogen and oxygen atoms in total. The maximum Gasteiger partial charge on any atom is 0.277 e. The normalized spacial score (nSPS) is 17.5. The molecular weight excluding hydrogens is 482 g/mol. The van der Waals surface area contributed by atoms with Crippen molar-refractivity contribution in [1.29, 1.82) is 0 Å². The SMILES string of the molecule is O=C(CSc1nnc(-c2ccc(Cl)cc2)o1)Nc1ccccc1N1CCN(C2CCCCC2)CC1. The topological polar surface area (TPSA) is 74.5 Å². The second kappa shape index (κ2) is 11.5. The summed E-state index contributed by atoms with van der Waals surface area (Å²) in [5.74, 6) is 0.489. The van der Waals surface area contributed by atoms with Crippen LogP contribution in [0.15, 0.2) is 58.2 Å². The molecule has 1 amide bonds. The van der Waals surface area contributed by atoms with Gasteiger partial charge in [-0.25, -0.2) is 0 Å². The predicted octanol–water partition coefficient (Wildman–Crippen LogP) is 5.58. The number of hydrogen-bond acceptors (Lipinski definition) is 7. The molecule has 1 aliphatic carbocycles. The number of thioether (sulfide) groups is 1. The zero-order valence-electron chi connectivity index (χ0n) is 19.7. The Labute approximate surface area is 215 Å². The minimum Gasteiger partial charge on any atom is -0.411 e. The largest absolute Gasteiger partial charge is 0.411 e. The number of benzene rings is 2. The highest BCUT2D eigenvalue weighted by Gasteiger charge is 2.26. The average molecular weight is 512 g/mol. The number of anilines is 2. The highest BCUT2D eigenvalue weighted by molar-refractivity contribution is 7.99. The zero-order chi connectivity index (χ0) is 24.0. The van der Waals surface area contributed by atoms with E-state index in [1.54, 1.807) is 12.1 Å². The molecule has 2 heterocycles. The second-order valence-corrected chi connectivity index (χ2v) is 10.4. The van der Waals surface area contributed by atoms with E-state index < -0.39 is 0 Å². The fraction of sp³-hybridized carbons (Fsp3) is 0.423. The van der Waals surface area contributed by atoms with Crippen LogP contribution in [-0.4, -0.2) is 59.0 Å². The highest BCUT2D eigenvalue weighted by atomic mass is 35.5. The molecule has 0 unspecified atom stereocenters. The summed E-state index contributed by atoms with van der Waals surface area (Å²) in [4.78, 5) is 17.8. The Morgan fingerprint density at radius 1 is 1.00 bits per heavy atom. The molecule has 0 radical (unpaired) electrons. The van der Waals surface area contributed by atoms with E-state index in [1.807, 2.05) is 30.3 Å². The van der Waals surface area contributed by atoms with Gasteiger partial charge in [0.25, 0.3) is 5.22 Å². The van der Waals surface area contributed by atoms with Crippen LogP contribution in [0.4, 0.5) is 11.4 Å². The Morgan fingerprint density at radius 3 is 2.51 bits per heavy atom. The lowest BCUT2D eigenvalue weighted by Crippen LogP contribution is -2.51. The van der Waals surface area contributed by atoms with Crippen molar-refractivity contribution in [3.63, 3.8) is 0 Å². The summed E-state index contributed by atoms with van der Waals surface area (Å²) in [6.45, 7) is 4.12. The van der Waals surface area contributed by atoms with E-state index in [1.165, 1.54) is 43.9 Å². The van der Waals surface area contributed by atoms with E-state index >= 15 is 0 Å². The monoisotopic (exact) mass is 511 g/mol. The summed E-state index contributed by atoms with van der Waals surface area (Å²) >= 11 is 7.16. The number of piperazine rings is 1. The molecule has 1 aliphatic heterocycles. The lowest BCUT2D eigenvalue weighted by Gasteiger charge is -2.42. The first kappa shape index (κ1) is 24.2. The van der Waals surface area contributed by atoms with Crippen LogP contribution < -0.4 is 10.2 Å². The lowest BCUT2D eigenvalue weighted by atomic mass is 9.94. The fourth-order valence-electron chi connectivity index (χ4n) is 4.92. The van der Waals surface area contributed by atoms with E-state index in [9.17, 15) is 4.79 Å². The Kier molecular flexibility index (Phi) is 7.91. The number of aromatic nitrogens is 2.